The van der Waals surface area contributed by atoms with Crippen molar-refractivity contribution in [3.8, 4) is 0 Å². The van der Waals surface area contributed by atoms with E-state index in [1.165, 1.54) is 58.7 Å². The van der Waals surface area contributed by atoms with Gasteiger partial charge >= 0.3 is 0 Å². The van der Waals surface area contributed by atoms with Crippen LogP contribution in [0.2, 0.25) is 0 Å². The summed E-state index contributed by atoms with van der Waals surface area (Å²) in [6, 6.07) is 0.747. The predicted octanol–water partition coefficient (Wildman–Crippen LogP) is 1.40. The van der Waals surface area contributed by atoms with Gasteiger partial charge < -0.3 is 15.1 Å². The molecule has 0 aliphatic carbocycles. The van der Waals surface area contributed by atoms with Crippen LogP contribution in [-0.4, -0.2) is 61.7 Å². The zero-order valence-corrected chi connectivity index (χ0v) is 11.3. The van der Waals surface area contributed by atoms with Crippen LogP contribution in [0.4, 0.5) is 0 Å². The van der Waals surface area contributed by atoms with Crippen molar-refractivity contribution in [2.75, 3.05) is 45.8 Å². The normalized spacial score (nSPS) is 21.2. The lowest BCUT2D eigenvalue weighted by molar-refractivity contribution is 0.208. The Labute approximate surface area is 101 Å². The molecule has 1 saturated heterocycles. The summed E-state index contributed by atoms with van der Waals surface area (Å²) in [5, 5.41) is 3.58. The van der Waals surface area contributed by atoms with Crippen LogP contribution in [0.3, 0.4) is 0 Å². The van der Waals surface area contributed by atoms with Gasteiger partial charge in [-0.25, -0.2) is 0 Å². The number of nitrogens with one attached hydrogen (secondary N) is 1. The van der Waals surface area contributed by atoms with Gasteiger partial charge in [0.25, 0.3) is 0 Å². The van der Waals surface area contributed by atoms with E-state index in [9.17, 15) is 0 Å². The van der Waals surface area contributed by atoms with Crippen molar-refractivity contribution in [3.63, 3.8) is 0 Å². The second-order valence-corrected chi connectivity index (χ2v) is 4.71. The van der Waals surface area contributed by atoms with Crippen molar-refractivity contribution in [1.82, 2.24) is 15.1 Å². The van der Waals surface area contributed by atoms with E-state index in [0.717, 1.165) is 6.04 Å². The van der Waals surface area contributed by atoms with Gasteiger partial charge in [-0.15, -0.1) is 0 Å². The molecule has 1 unspecified atom stereocenters. The zero-order valence-electron chi connectivity index (χ0n) is 11.3. The van der Waals surface area contributed by atoms with Crippen LogP contribution >= 0.6 is 0 Å². The monoisotopic (exact) mass is 227 g/mol. The number of hydrogen-bond acceptors (Lipinski definition) is 3. The highest BCUT2D eigenvalue weighted by Crippen LogP contribution is 2.06. The summed E-state index contributed by atoms with van der Waals surface area (Å²) >= 11 is 0. The van der Waals surface area contributed by atoms with E-state index < -0.39 is 0 Å². The summed E-state index contributed by atoms with van der Waals surface area (Å²) in [5.41, 5.74) is 0. The van der Waals surface area contributed by atoms with Crippen molar-refractivity contribution >= 4 is 0 Å². The molecule has 0 bridgehead atoms. The van der Waals surface area contributed by atoms with E-state index in [-0.39, 0.29) is 0 Å². The maximum Gasteiger partial charge on any atom is 0.0195 e. The van der Waals surface area contributed by atoms with Crippen molar-refractivity contribution < 1.29 is 0 Å². The molecule has 0 aromatic rings. The highest BCUT2D eigenvalue weighted by Gasteiger charge is 2.16. The van der Waals surface area contributed by atoms with E-state index in [4.69, 9.17) is 0 Å². The minimum atomic E-state index is 0.747. The largest absolute Gasteiger partial charge is 0.313 e. The summed E-state index contributed by atoms with van der Waals surface area (Å²) in [6.45, 7) is 15.2. The Hall–Kier alpha value is -0.120. The van der Waals surface area contributed by atoms with Crippen LogP contribution < -0.4 is 5.32 Å². The zero-order chi connectivity index (χ0) is 11.8. The maximum absolute atomic E-state index is 3.58. The Bertz CT molecular complexity index is 163. The van der Waals surface area contributed by atoms with E-state index in [1.54, 1.807) is 0 Å². The quantitative estimate of drug-likeness (QED) is 0.676. The van der Waals surface area contributed by atoms with Gasteiger partial charge in [0.05, 0.1) is 0 Å². The summed E-state index contributed by atoms with van der Waals surface area (Å²) in [5.74, 6) is 0. The first-order chi connectivity index (χ1) is 7.80. The average molecular weight is 227 g/mol. The topological polar surface area (TPSA) is 18.5 Å². The van der Waals surface area contributed by atoms with Crippen LogP contribution in [0, 0.1) is 0 Å². The van der Waals surface area contributed by atoms with Crippen LogP contribution in [0.5, 0.6) is 0 Å². The second kappa shape index (κ2) is 8.04. The molecule has 0 spiro atoms. The fraction of sp³-hybridized carbons (Fsp3) is 1.00. The standard InChI is InChI=1S/C13H29N3/c1-4-15(5-2)10-11-16(6-3)12-13-8-7-9-14-13/h13-14H,4-12H2,1-3H3. The average Bonchev–Trinajstić information content (AvgIpc) is 2.81. The van der Waals surface area contributed by atoms with Gasteiger partial charge in [0.1, 0.15) is 0 Å². The number of likely N-dealkylation sites (N-methyl/N-ethyl adjacent to an activating group) is 2. The SMILES string of the molecule is CCN(CC)CCN(CC)CC1CCCN1. The minimum Gasteiger partial charge on any atom is -0.313 e. The highest BCUT2D eigenvalue weighted by atomic mass is 15.2. The van der Waals surface area contributed by atoms with Crippen LogP contribution in [0.15, 0.2) is 0 Å². The van der Waals surface area contributed by atoms with Gasteiger partial charge in [0, 0.05) is 25.7 Å². The molecule has 1 fully saturated rings. The molecule has 0 saturated carbocycles. The molecule has 16 heavy (non-hydrogen) atoms. The van der Waals surface area contributed by atoms with Crippen molar-refractivity contribution in [2.45, 2.75) is 39.7 Å². The molecular weight excluding hydrogens is 198 g/mol. The first kappa shape index (κ1) is 13.9. The molecule has 0 aromatic carbocycles. The highest BCUT2D eigenvalue weighted by molar-refractivity contribution is 4.77. The van der Waals surface area contributed by atoms with Gasteiger partial charge in [-0.2, -0.15) is 0 Å². The fourth-order valence-corrected chi connectivity index (χ4v) is 2.43. The number of nitrogens with zero attached hydrogens (tertiary/aromatic N) is 2. The lowest BCUT2D eigenvalue weighted by atomic mass is 10.2. The Morgan fingerprint density at radius 1 is 1.00 bits per heavy atom. The molecule has 1 heterocycles. The third-order valence-corrected chi connectivity index (χ3v) is 3.72. The lowest BCUT2D eigenvalue weighted by Gasteiger charge is -2.27. The van der Waals surface area contributed by atoms with Crippen LogP contribution in [0.1, 0.15) is 33.6 Å². The van der Waals surface area contributed by atoms with E-state index in [1.807, 2.05) is 0 Å². The molecule has 1 atom stereocenters. The van der Waals surface area contributed by atoms with Gasteiger partial charge in [-0.3, -0.25) is 0 Å². The minimum absolute atomic E-state index is 0.747. The lowest BCUT2D eigenvalue weighted by Crippen LogP contribution is -2.41. The van der Waals surface area contributed by atoms with E-state index >= 15 is 0 Å². The molecule has 1 rings (SSSR count). The molecule has 0 amide bonds. The third-order valence-electron chi connectivity index (χ3n) is 3.72. The number of hydrogen-bond donors (Lipinski definition) is 1. The first-order valence-electron chi connectivity index (χ1n) is 6.98. The van der Waals surface area contributed by atoms with Crippen molar-refractivity contribution in [1.29, 1.82) is 0 Å². The molecule has 96 valence electrons. The third kappa shape index (κ3) is 4.81. The molecule has 3 nitrogen and oxygen atoms in total. The molecular formula is C13H29N3. The van der Waals surface area contributed by atoms with Gasteiger partial charge in [0.15, 0.2) is 0 Å². The van der Waals surface area contributed by atoms with Crippen molar-refractivity contribution in [2.24, 2.45) is 0 Å². The maximum atomic E-state index is 3.58. The Kier molecular flexibility index (Phi) is 7.01. The molecule has 0 aromatic heterocycles. The summed E-state index contributed by atoms with van der Waals surface area (Å²) in [7, 11) is 0. The van der Waals surface area contributed by atoms with Crippen LogP contribution in [0.25, 0.3) is 0 Å². The summed E-state index contributed by atoms with van der Waals surface area (Å²) in [6.07, 6.45) is 2.72. The Morgan fingerprint density at radius 2 is 1.62 bits per heavy atom. The number of rotatable bonds is 8. The van der Waals surface area contributed by atoms with Crippen LogP contribution in [-0.2, 0) is 0 Å². The van der Waals surface area contributed by atoms with Crippen molar-refractivity contribution in [3.05, 3.63) is 0 Å². The summed E-state index contributed by atoms with van der Waals surface area (Å²) in [4.78, 5) is 5.09. The van der Waals surface area contributed by atoms with E-state index in [0.29, 0.717) is 0 Å². The van der Waals surface area contributed by atoms with Gasteiger partial charge in [-0.1, -0.05) is 20.8 Å². The smallest absolute Gasteiger partial charge is 0.0195 e. The Balaban J connectivity index is 2.19. The molecule has 0 radical (unpaired) electrons. The Morgan fingerprint density at radius 3 is 2.12 bits per heavy atom. The van der Waals surface area contributed by atoms with Gasteiger partial charge in [0.2, 0.25) is 0 Å². The summed E-state index contributed by atoms with van der Waals surface area (Å²) < 4.78 is 0. The molecule has 1 N–H and O–H groups in total. The molecule has 1 aliphatic rings. The molecule has 1 aliphatic heterocycles. The first-order valence-corrected chi connectivity index (χ1v) is 6.98. The van der Waals surface area contributed by atoms with E-state index in [2.05, 4.69) is 35.9 Å². The predicted molar refractivity (Wildman–Crippen MR) is 70.9 cm³/mol. The second-order valence-electron chi connectivity index (χ2n) is 4.71. The van der Waals surface area contributed by atoms with Gasteiger partial charge in [-0.05, 0) is 39.0 Å². The fourth-order valence-electron chi connectivity index (χ4n) is 2.43. The molecule has 3 heteroatoms.